The first-order valence-corrected chi connectivity index (χ1v) is 9.13. The van der Waals surface area contributed by atoms with Gasteiger partial charge in [-0.3, -0.25) is 4.79 Å². The van der Waals surface area contributed by atoms with Crippen molar-refractivity contribution in [1.29, 1.82) is 0 Å². The maximum atomic E-state index is 12.7. The molecule has 0 fully saturated rings. The number of benzene rings is 2. The Hall–Kier alpha value is -3.41. The van der Waals surface area contributed by atoms with Crippen LogP contribution in [-0.2, 0) is 4.79 Å². The Kier molecular flexibility index (Phi) is 6.22. The average Bonchev–Trinajstić information content (AvgIpc) is 2.99. The summed E-state index contributed by atoms with van der Waals surface area (Å²) in [4.78, 5) is 14.3. The van der Waals surface area contributed by atoms with Gasteiger partial charge in [-0.15, -0.1) is 11.7 Å². The number of carbonyl (C=O) groups excluding carboxylic acids is 1. The van der Waals surface area contributed by atoms with E-state index in [-0.39, 0.29) is 5.91 Å². The molecule has 2 aromatic carbocycles. The van der Waals surface area contributed by atoms with Gasteiger partial charge in [0.25, 0.3) is 5.91 Å². The molecule has 1 amide bonds. The highest BCUT2D eigenvalue weighted by atomic mass is 16.5. The van der Waals surface area contributed by atoms with Crippen molar-refractivity contribution < 1.29 is 14.3 Å². The van der Waals surface area contributed by atoms with E-state index in [0.29, 0.717) is 30.4 Å². The number of hydrogen-bond acceptors (Lipinski definition) is 5. The van der Waals surface area contributed by atoms with E-state index in [1.165, 1.54) is 0 Å². The number of methoxy groups -OCH3 is 1. The molecule has 0 N–H and O–H groups in total. The molecular weight excluding hydrogens is 354 g/mol. The first-order chi connectivity index (χ1) is 13.7. The van der Waals surface area contributed by atoms with Crippen LogP contribution in [0.15, 0.2) is 65.3 Å². The number of carbonyl (C=O) groups is 1. The van der Waals surface area contributed by atoms with E-state index in [1.54, 1.807) is 24.3 Å². The number of hydrogen-bond donors (Lipinski definition) is 0. The summed E-state index contributed by atoms with van der Waals surface area (Å²) in [6.07, 6.45) is 4.20. The Morgan fingerprint density at radius 1 is 1.18 bits per heavy atom. The number of nitrogens with zero attached hydrogens (tertiary/aromatic N) is 3. The first kappa shape index (κ1) is 19.4. The Labute approximate surface area is 164 Å². The molecule has 0 aliphatic carbocycles. The van der Waals surface area contributed by atoms with Crippen LogP contribution in [0.2, 0.25) is 0 Å². The van der Waals surface area contributed by atoms with Crippen molar-refractivity contribution in [3.8, 4) is 11.5 Å². The Bertz CT molecular complexity index is 934. The van der Waals surface area contributed by atoms with Crippen molar-refractivity contribution in [3.63, 3.8) is 0 Å². The fourth-order valence-electron chi connectivity index (χ4n) is 2.92. The van der Waals surface area contributed by atoms with E-state index in [9.17, 15) is 4.79 Å². The molecule has 144 valence electrons. The predicted octanol–water partition coefficient (Wildman–Crippen LogP) is 3.84. The highest BCUT2D eigenvalue weighted by molar-refractivity contribution is 6.54. The molecule has 3 rings (SSSR count). The maximum absolute atomic E-state index is 12.7. The molecule has 2 aromatic rings. The van der Waals surface area contributed by atoms with Gasteiger partial charge in [-0.05, 0) is 36.2 Å². The Morgan fingerprint density at radius 2 is 2.00 bits per heavy atom. The monoisotopic (exact) mass is 377 g/mol. The lowest BCUT2D eigenvalue weighted by molar-refractivity contribution is -0.112. The fraction of sp³-hybridized carbons (Fsp3) is 0.227. The Balaban J connectivity index is 1.84. The van der Waals surface area contributed by atoms with Crippen LogP contribution in [0, 0.1) is 0 Å². The van der Waals surface area contributed by atoms with E-state index < -0.39 is 0 Å². The molecule has 0 saturated carbocycles. The van der Waals surface area contributed by atoms with Crippen molar-refractivity contribution in [1.82, 2.24) is 0 Å². The van der Waals surface area contributed by atoms with Crippen molar-refractivity contribution in [2.75, 3.05) is 25.2 Å². The lowest BCUT2D eigenvalue weighted by atomic mass is 10.1. The third-order valence-corrected chi connectivity index (χ3v) is 4.22. The molecule has 1 aliphatic rings. The number of fused-ring (bicyclic) bond motifs is 1. The third-order valence-electron chi connectivity index (χ3n) is 4.22. The van der Waals surface area contributed by atoms with Gasteiger partial charge in [-0.2, -0.15) is 5.10 Å². The SMILES string of the molecule is C=CCN1C(=O)/C(=N\N=C/c2ccc(OCCC)c(OC)c2)c2ccccc21. The zero-order chi connectivity index (χ0) is 19.9. The van der Waals surface area contributed by atoms with E-state index in [2.05, 4.69) is 16.8 Å². The minimum absolute atomic E-state index is 0.181. The second-order valence-corrected chi connectivity index (χ2v) is 6.17. The zero-order valence-corrected chi connectivity index (χ0v) is 16.1. The maximum Gasteiger partial charge on any atom is 0.279 e. The van der Waals surface area contributed by atoms with Gasteiger partial charge in [0.15, 0.2) is 17.2 Å². The van der Waals surface area contributed by atoms with Crippen LogP contribution in [-0.4, -0.2) is 38.1 Å². The molecular formula is C22H23N3O3. The zero-order valence-electron chi connectivity index (χ0n) is 16.1. The number of anilines is 1. The lowest BCUT2D eigenvalue weighted by Gasteiger charge is -2.13. The van der Waals surface area contributed by atoms with Gasteiger partial charge in [0.2, 0.25) is 0 Å². The molecule has 1 aliphatic heterocycles. The van der Waals surface area contributed by atoms with Gasteiger partial charge < -0.3 is 14.4 Å². The third kappa shape index (κ3) is 3.96. The van der Waals surface area contributed by atoms with Gasteiger partial charge in [0, 0.05) is 12.1 Å². The molecule has 6 heteroatoms. The standard InChI is InChI=1S/C22H23N3O3/c1-4-12-25-18-9-7-6-8-17(18)21(22(25)26)24-23-15-16-10-11-19(28-13-5-2)20(14-16)27-3/h4,6-11,14-15H,1,5,12-13H2,2-3H3/b23-15-,24-21-. The fourth-order valence-corrected chi connectivity index (χ4v) is 2.92. The molecule has 0 radical (unpaired) electrons. The van der Waals surface area contributed by atoms with Gasteiger partial charge in [-0.1, -0.05) is 31.2 Å². The predicted molar refractivity (Wildman–Crippen MR) is 112 cm³/mol. The minimum atomic E-state index is -0.181. The molecule has 0 unspecified atom stereocenters. The largest absolute Gasteiger partial charge is 0.493 e. The Morgan fingerprint density at radius 3 is 2.75 bits per heavy atom. The van der Waals surface area contributed by atoms with Gasteiger partial charge in [0.05, 0.1) is 25.6 Å². The number of ether oxygens (including phenoxy) is 2. The first-order valence-electron chi connectivity index (χ1n) is 9.13. The van der Waals surface area contributed by atoms with Crippen molar-refractivity contribution in [2.45, 2.75) is 13.3 Å². The lowest BCUT2D eigenvalue weighted by Crippen LogP contribution is -2.30. The van der Waals surface area contributed by atoms with Crippen LogP contribution < -0.4 is 14.4 Å². The van der Waals surface area contributed by atoms with E-state index >= 15 is 0 Å². The summed E-state index contributed by atoms with van der Waals surface area (Å²) in [5.74, 6) is 1.14. The molecule has 0 saturated heterocycles. The normalized spacial score (nSPS) is 14.6. The van der Waals surface area contributed by atoms with Gasteiger partial charge in [0.1, 0.15) is 0 Å². The number of amides is 1. The van der Waals surface area contributed by atoms with Crippen LogP contribution in [0.1, 0.15) is 24.5 Å². The van der Waals surface area contributed by atoms with Crippen molar-refractivity contribution in [2.24, 2.45) is 10.2 Å². The molecule has 28 heavy (non-hydrogen) atoms. The summed E-state index contributed by atoms with van der Waals surface area (Å²) in [7, 11) is 1.59. The molecule has 6 nitrogen and oxygen atoms in total. The van der Waals surface area contributed by atoms with Gasteiger partial charge in [-0.25, -0.2) is 0 Å². The van der Waals surface area contributed by atoms with E-state index in [1.807, 2.05) is 49.4 Å². The van der Waals surface area contributed by atoms with Crippen LogP contribution in [0.25, 0.3) is 0 Å². The summed E-state index contributed by atoms with van der Waals surface area (Å²) in [5.41, 5.74) is 2.71. The summed E-state index contributed by atoms with van der Waals surface area (Å²) in [6, 6.07) is 13.1. The summed E-state index contributed by atoms with van der Waals surface area (Å²) < 4.78 is 11.0. The van der Waals surface area contributed by atoms with Crippen LogP contribution in [0.4, 0.5) is 5.69 Å². The summed E-state index contributed by atoms with van der Waals surface area (Å²) in [6.45, 7) is 6.81. The molecule has 0 spiro atoms. The highest BCUT2D eigenvalue weighted by Crippen LogP contribution is 2.29. The summed E-state index contributed by atoms with van der Waals surface area (Å²) >= 11 is 0. The van der Waals surface area contributed by atoms with E-state index in [0.717, 1.165) is 23.2 Å². The minimum Gasteiger partial charge on any atom is -0.493 e. The molecule has 0 atom stereocenters. The topological polar surface area (TPSA) is 63.5 Å². The second kappa shape index (κ2) is 8.99. The molecule has 0 aromatic heterocycles. The quantitative estimate of drug-likeness (QED) is 0.399. The van der Waals surface area contributed by atoms with Crippen molar-refractivity contribution in [3.05, 3.63) is 66.2 Å². The molecule has 0 bridgehead atoms. The van der Waals surface area contributed by atoms with Crippen LogP contribution in [0.3, 0.4) is 0 Å². The summed E-state index contributed by atoms with van der Waals surface area (Å²) in [5, 5.41) is 8.32. The molecule has 1 heterocycles. The smallest absolute Gasteiger partial charge is 0.279 e. The average molecular weight is 377 g/mol. The highest BCUT2D eigenvalue weighted by Gasteiger charge is 2.32. The number of para-hydroxylation sites is 1. The van der Waals surface area contributed by atoms with Crippen LogP contribution >= 0.6 is 0 Å². The number of rotatable bonds is 8. The second-order valence-electron chi connectivity index (χ2n) is 6.17. The van der Waals surface area contributed by atoms with E-state index in [4.69, 9.17) is 9.47 Å². The van der Waals surface area contributed by atoms with Crippen molar-refractivity contribution >= 4 is 23.5 Å². The van der Waals surface area contributed by atoms with Gasteiger partial charge >= 0.3 is 0 Å². The van der Waals surface area contributed by atoms with Crippen LogP contribution in [0.5, 0.6) is 11.5 Å².